The summed E-state index contributed by atoms with van der Waals surface area (Å²) in [5, 5.41) is 0.572. The third-order valence-electron chi connectivity index (χ3n) is 4.68. The number of hydrogen-bond donors (Lipinski definition) is 0. The first-order valence-corrected chi connectivity index (χ1v) is 8.01. The summed E-state index contributed by atoms with van der Waals surface area (Å²) in [7, 11) is 6.58. The zero-order chi connectivity index (χ0) is 13.5. The molecule has 1 amide bonds. The molecule has 3 unspecified atom stereocenters. The molecule has 1 aliphatic carbocycles. The van der Waals surface area contributed by atoms with E-state index in [9.17, 15) is 4.79 Å². The Kier molecular flexibility index (Phi) is 4.06. The molecule has 2 aliphatic rings. The van der Waals surface area contributed by atoms with Crippen LogP contribution in [0.4, 0.5) is 4.79 Å². The molecule has 0 spiro atoms. The molecular formula is C14H24BNOS. The summed E-state index contributed by atoms with van der Waals surface area (Å²) < 4.78 is 0. The summed E-state index contributed by atoms with van der Waals surface area (Å²) in [6.45, 7) is 8.65. The molecule has 2 nitrogen and oxygen atoms in total. The highest BCUT2D eigenvalue weighted by Gasteiger charge is 2.46. The van der Waals surface area contributed by atoms with E-state index in [0.717, 1.165) is 25.7 Å². The van der Waals surface area contributed by atoms with Crippen molar-refractivity contribution >= 4 is 24.8 Å². The molecule has 0 bridgehead atoms. The predicted octanol–water partition coefficient (Wildman–Crippen LogP) is 3.86. The molecule has 0 aromatic heterocycles. The second-order valence-electron chi connectivity index (χ2n) is 6.47. The molecule has 1 saturated carbocycles. The van der Waals surface area contributed by atoms with E-state index in [1.807, 2.05) is 0 Å². The van der Waals surface area contributed by atoms with Gasteiger partial charge in [0, 0.05) is 17.3 Å². The maximum Gasteiger partial charge on any atom is 0.282 e. The van der Waals surface area contributed by atoms with Gasteiger partial charge in [0.15, 0.2) is 0 Å². The molecule has 1 aliphatic heterocycles. The Morgan fingerprint density at radius 1 is 1.39 bits per heavy atom. The first-order chi connectivity index (χ1) is 8.35. The lowest BCUT2D eigenvalue weighted by atomic mass is 9.57. The van der Waals surface area contributed by atoms with Crippen LogP contribution in [-0.2, 0) is 0 Å². The Morgan fingerprint density at radius 3 is 2.61 bits per heavy atom. The van der Waals surface area contributed by atoms with Crippen molar-refractivity contribution in [2.45, 2.75) is 76.0 Å². The smallest absolute Gasteiger partial charge is 0.282 e. The third kappa shape index (κ3) is 2.45. The highest BCUT2D eigenvalue weighted by molar-refractivity contribution is 8.14. The molecule has 1 heterocycles. The van der Waals surface area contributed by atoms with Gasteiger partial charge in [-0.3, -0.25) is 4.79 Å². The summed E-state index contributed by atoms with van der Waals surface area (Å²) >= 11 is 1.53. The average molecular weight is 265 g/mol. The lowest BCUT2D eigenvalue weighted by Gasteiger charge is -2.35. The Labute approximate surface area is 117 Å². The Morgan fingerprint density at radius 2 is 2.06 bits per heavy atom. The minimum absolute atomic E-state index is 0.0836. The van der Waals surface area contributed by atoms with Crippen LogP contribution in [0.15, 0.2) is 0 Å². The topological polar surface area (TPSA) is 20.3 Å². The number of rotatable bonds is 2. The molecule has 1 saturated heterocycles. The molecule has 2 fully saturated rings. The maximum absolute atomic E-state index is 12.1. The van der Waals surface area contributed by atoms with E-state index in [1.165, 1.54) is 11.8 Å². The van der Waals surface area contributed by atoms with Crippen LogP contribution in [0.3, 0.4) is 0 Å². The second kappa shape index (κ2) is 5.11. The first kappa shape index (κ1) is 14.3. The fourth-order valence-electron chi connectivity index (χ4n) is 3.32. The Hall–Kier alpha value is -0.115. The molecule has 100 valence electrons. The largest absolute Gasteiger partial charge is 0.327 e. The van der Waals surface area contributed by atoms with E-state index in [1.54, 1.807) is 0 Å². The molecule has 0 aromatic rings. The SMILES string of the molecule is [B]C1(C(C)C)CCCC2C(C1)SC(=O)N2C(C)C. The fraction of sp³-hybridized carbons (Fsp3) is 0.929. The molecule has 0 N–H and O–H groups in total. The van der Waals surface area contributed by atoms with Gasteiger partial charge < -0.3 is 4.90 Å². The van der Waals surface area contributed by atoms with Crippen LogP contribution in [0.1, 0.15) is 53.4 Å². The highest BCUT2D eigenvalue weighted by atomic mass is 32.2. The Bertz CT molecular complexity index is 334. The van der Waals surface area contributed by atoms with Gasteiger partial charge in [0.25, 0.3) is 5.24 Å². The van der Waals surface area contributed by atoms with Crippen molar-refractivity contribution in [3.63, 3.8) is 0 Å². The van der Waals surface area contributed by atoms with Gasteiger partial charge in [0.1, 0.15) is 0 Å². The first-order valence-electron chi connectivity index (χ1n) is 7.13. The van der Waals surface area contributed by atoms with Gasteiger partial charge in [0.05, 0.1) is 7.85 Å². The fourth-order valence-corrected chi connectivity index (χ4v) is 4.87. The summed E-state index contributed by atoms with van der Waals surface area (Å²) in [5.74, 6) is 0.486. The van der Waals surface area contributed by atoms with Gasteiger partial charge in [-0.2, -0.15) is 0 Å². The van der Waals surface area contributed by atoms with Gasteiger partial charge in [0.2, 0.25) is 0 Å². The van der Waals surface area contributed by atoms with Crippen LogP contribution in [0.2, 0.25) is 5.31 Å². The number of nitrogens with zero attached hydrogens (tertiary/aromatic N) is 1. The number of carbonyl (C=O) groups is 1. The van der Waals surface area contributed by atoms with Crippen molar-refractivity contribution in [2.75, 3.05) is 0 Å². The number of fused-ring (bicyclic) bond motifs is 1. The summed E-state index contributed by atoms with van der Waals surface area (Å²) in [6.07, 6.45) is 4.34. The minimum atomic E-state index is -0.0836. The molecule has 0 aromatic carbocycles. The molecule has 2 rings (SSSR count). The van der Waals surface area contributed by atoms with Crippen molar-refractivity contribution in [3.05, 3.63) is 0 Å². The monoisotopic (exact) mass is 265 g/mol. The minimum Gasteiger partial charge on any atom is -0.327 e. The Balaban J connectivity index is 2.19. The normalized spacial score (nSPS) is 37.2. The van der Waals surface area contributed by atoms with Gasteiger partial charge in [-0.25, -0.2) is 0 Å². The number of carbonyl (C=O) groups excluding carboxylic acids is 1. The van der Waals surface area contributed by atoms with Crippen LogP contribution in [0.5, 0.6) is 0 Å². The van der Waals surface area contributed by atoms with E-state index < -0.39 is 0 Å². The molecule has 2 radical (unpaired) electrons. The van der Waals surface area contributed by atoms with Crippen LogP contribution in [-0.4, -0.2) is 35.3 Å². The third-order valence-corrected chi connectivity index (χ3v) is 5.88. The van der Waals surface area contributed by atoms with E-state index >= 15 is 0 Å². The van der Waals surface area contributed by atoms with Gasteiger partial charge >= 0.3 is 0 Å². The van der Waals surface area contributed by atoms with E-state index in [2.05, 4.69) is 32.6 Å². The quantitative estimate of drug-likeness (QED) is 0.707. The zero-order valence-electron chi connectivity index (χ0n) is 12.0. The van der Waals surface area contributed by atoms with Crippen molar-refractivity contribution in [1.29, 1.82) is 0 Å². The summed E-state index contributed by atoms with van der Waals surface area (Å²) in [6, 6.07) is 0.719. The second-order valence-corrected chi connectivity index (χ2v) is 7.67. The zero-order valence-corrected chi connectivity index (χ0v) is 12.8. The average Bonchev–Trinajstić information content (AvgIpc) is 2.44. The molecule has 18 heavy (non-hydrogen) atoms. The lowest BCUT2D eigenvalue weighted by Crippen LogP contribution is -2.41. The van der Waals surface area contributed by atoms with Gasteiger partial charge in [-0.1, -0.05) is 43.8 Å². The van der Waals surface area contributed by atoms with Crippen LogP contribution < -0.4 is 0 Å². The molecule has 3 atom stereocenters. The standard InChI is InChI=1S/C14H24BNOS/c1-9(2)14(15)7-5-6-11-12(8-14)18-13(17)16(11)10(3)4/h9-12H,5-8H2,1-4H3. The van der Waals surface area contributed by atoms with Crippen molar-refractivity contribution < 1.29 is 4.79 Å². The van der Waals surface area contributed by atoms with Crippen molar-refractivity contribution in [2.24, 2.45) is 5.92 Å². The van der Waals surface area contributed by atoms with E-state index in [-0.39, 0.29) is 10.6 Å². The van der Waals surface area contributed by atoms with E-state index in [0.29, 0.717) is 23.3 Å². The van der Waals surface area contributed by atoms with E-state index in [4.69, 9.17) is 7.85 Å². The molecule has 4 heteroatoms. The number of thioether (sulfide) groups is 1. The van der Waals surface area contributed by atoms with Crippen molar-refractivity contribution in [1.82, 2.24) is 4.90 Å². The number of amides is 1. The van der Waals surface area contributed by atoms with Crippen molar-refractivity contribution in [3.8, 4) is 0 Å². The van der Waals surface area contributed by atoms with Gasteiger partial charge in [-0.15, -0.1) is 0 Å². The van der Waals surface area contributed by atoms with Gasteiger partial charge in [-0.05, 0) is 32.6 Å². The maximum atomic E-state index is 12.1. The summed E-state index contributed by atoms with van der Waals surface area (Å²) in [4.78, 5) is 14.2. The van der Waals surface area contributed by atoms with Crippen LogP contribution >= 0.6 is 11.8 Å². The molecular weight excluding hydrogens is 241 g/mol. The number of hydrogen-bond acceptors (Lipinski definition) is 2. The van der Waals surface area contributed by atoms with Crippen LogP contribution in [0, 0.1) is 5.92 Å². The van der Waals surface area contributed by atoms with Crippen LogP contribution in [0.25, 0.3) is 0 Å². The lowest BCUT2D eigenvalue weighted by molar-refractivity contribution is 0.180. The predicted molar refractivity (Wildman–Crippen MR) is 79.3 cm³/mol. The highest BCUT2D eigenvalue weighted by Crippen LogP contribution is 2.51. The summed E-state index contributed by atoms with van der Waals surface area (Å²) in [5.41, 5.74) is 0.